The number of hydrogen-bond donors (Lipinski definition) is 2. The van der Waals surface area contributed by atoms with Gasteiger partial charge in [0.2, 0.25) is 0 Å². The first-order valence-electron chi connectivity index (χ1n) is 5.72. The Morgan fingerprint density at radius 3 is 2.93 bits per heavy atom. The van der Waals surface area contributed by atoms with Crippen LogP contribution in [0.4, 0.5) is 0 Å². The molecule has 15 heavy (non-hydrogen) atoms. The van der Waals surface area contributed by atoms with Crippen LogP contribution in [0.3, 0.4) is 0 Å². The first-order chi connectivity index (χ1) is 7.16. The fourth-order valence-electron chi connectivity index (χ4n) is 2.26. The first kappa shape index (κ1) is 10.7. The van der Waals surface area contributed by atoms with Gasteiger partial charge in [-0.3, -0.25) is 4.99 Å². The molecule has 2 aliphatic rings. The molecule has 0 aromatic heterocycles. The Hall–Kier alpha value is -0.770. The summed E-state index contributed by atoms with van der Waals surface area (Å²) in [6.07, 6.45) is 4.21. The molecule has 86 valence electrons. The Balaban J connectivity index is 1.66. The highest BCUT2D eigenvalue weighted by Crippen LogP contribution is 2.70. The quantitative estimate of drug-likeness (QED) is 0.520. The van der Waals surface area contributed by atoms with E-state index in [1.807, 2.05) is 6.92 Å². The molecule has 2 saturated carbocycles. The van der Waals surface area contributed by atoms with Gasteiger partial charge in [-0.05, 0) is 37.5 Å². The van der Waals surface area contributed by atoms with Crippen molar-refractivity contribution in [2.75, 3.05) is 20.3 Å². The van der Waals surface area contributed by atoms with E-state index in [9.17, 15) is 0 Å². The van der Waals surface area contributed by atoms with Crippen LogP contribution in [-0.2, 0) is 4.74 Å². The standard InChI is InChI=1S/C11H21N3O/c1-8(7-15-2)14-10(12)13-6-9-5-11(9)3-4-11/h8-9H,3-7H2,1-2H3,(H3,12,13,14). The summed E-state index contributed by atoms with van der Waals surface area (Å²) < 4.78 is 5.01. The summed E-state index contributed by atoms with van der Waals surface area (Å²) in [7, 11) is 1.69. The Morgan fingerprint density at radius 2 is 2.40 bits per heavy atom. The minimum absolute atomic E-state index is 0.229. The SMILES string of the molecule is COCC(C)NC(N)=NCC1CC12CC2. The summed E-state index contributed by atoms with van der Waals surface area (Å²) in [5.74, 6) is 1.37. The number of nitrogens with one attached hydrogen (secondary N) is 1. The molecule has 2 atom stereocenters. The van der Waals surface area contributed by atoms with E-state index < -0.39 is 0 Å². The second kappa shape index (κ2) is 4.00. The molecule has 2 unspecified atom stereocenters. The third kappa shape index (κ3) is 2.62. The molecule has 2 aliphatic carbocycles. The van der Waals surface area contributed by atoms with E-state index in [1.54, 1.807) is 7.11 Å². The number of guanidine groups is 1. The molecular formula is C11H21N3O. The molecular weight excluding hydrogens is 190 g/mol. The van der Waals surface area contributed by atoms with Gasteiger partial charge in [0.05, 0.1) is 6.61 Å². The predicted molar refractivity (Wildman–Crippen MR) is 60.7 cm³/mol. The lowest BCUT2D eigenvalue weighted by atomic mass is 10.3. The summed E-state index contributed by atoms with van der Waals surface area (Å²) in [4.78, 5) is 4.37. The predicted octanol–water partition coefficient (Wildman–Crippen LogP) is 0.726. The van der Waals surface area contributed by atoms with Gasteiger partial charge in [0.15, 0.2) is 5.96 Å². The Morgan fingerprint density at radius 1 is 1.67 bits per heavy atom. The van der Waals surface area contributed by atoms with Gasteiger partial charge < -0.3 is 15.8 Å². The van der Waals surface area contributed by atoms with E-state index in [4.69, 9.17) is 10.5 Å². The van der Waals surface area contributed by atoms with Crippen molar-refractivity contribution in [3.8, 4) is 0 Å². The molecule has 4 heteroatoms. The molecule has 2 fully saturated rings. The third-order valence-corrected chi connectivity index (χ3v) is 3.54. The maximum absolute atomic E-state index is 5.77. The largest absolute Gasteiger partial charge is 0.383 e. The van der Waals surface area contributed by atoms with E-state index in [2.05, 4.69) is 10.3 Å². The Labute approximate surface area is 91.3 Å². The van der Waals surface area contributed by atoms with Crippen LogP contribution in [0, 0.1) is 11.3 Å². The van der Waals surface area contributed by atoms with Gasteiger partial charge >= 0.3 is 0 Å². The number of rotatable bonds is 5. The van der Waals surface area contributed by atoms with Crippen LogP contribution in [-0.4, -0.2) is 32.3 Å². The van der Waals surface area contributed by atoms with Crippen molar-refractivity contribution in [3.63, 3.8) is 0 Å². The van der Waals surface area contributed by atoms with E-state index in [-0.39, 0.29) is 6.04 Å². The molecule has 0 aromatic rings. The van der Waals surface area contributed by atoms with Crippen LogP contribution in [0.1, 0.15) is 26.2 Å². The molecule has 0 amide bonds. The number of nitrogens with two attached hydrogens (primary N) is 1. The van der Waals surface area contributed by atoms with Crippen molar-refractivity contribution in [2.24, 2.45) is 22.1 Å². The smallest absolute Gasteiger partial charge is 0.188 e. The average Bonchev–Trinajstić information content (AvgIpc) is 3.06. The van der Waals surface area contributed by atoms with E-state index in [0.29, 0.717) is 12.6 Å². The van der Waals surface area contributed by atoms with Crippen molar-refractivity contribution >= 4 is 5.96 Å². The van der Waals surface area contributed by atoms with Crippen LogP contribution in [0.25, 0.3) is 0 Å². The summed E-state index contributed by atoms with van der Waals surface area (Å²) in [6, 6.07) is 0.229. The van der Waals surface area contributed by atoms with Gasteiger partial charge in [-0.1, -0.05) is 0 Å². The lowest BCUT2D eigenvalue weighted by Crippen LogP contribution is -2.40. The summed E-state index contributed by atoms with van der Waals surface area (Å²) in [5.41, 5.74) is 6.50. The van der Waals surface area contributed by atoms with Gasteiger partial charge in [0.1, 0.15) is 0 Å². The van der Waals surface area contributed by atoms with Crippen molar-refractivity contribution < 1.29 is 4.74 Å². The van der Waals surface area contributed by atoms with Gasteiger partial charge in [-0.15, -0.1) is 0 Å². The lowest BCUT2D eigenvalue weighted by molar-refractivity contribution is 0.179. The van der Waals surface area contributed by atoms with Crippen molar-refractivity contribution in [3.05, 3.63) is 0 Å². The van der Waals surface area contributed by atoms with Crippen molar-refractivity contribution in [1.29, 1.82) is 0 Å². The maximum atomic E-state index is 5.77. The minimum Gasteiger partial charge on any atom is -0.383 e. The monoisotopic (exact) mass is 211 g/mol. The molecule has 4 nitrogen and oxygen atoms in total. The van der Waals surface area contributed by atoms with Crippen LogP contribution < -0.4 is 11.1 Å². The number of aliphatic imine (C=N–C) groups is 1. The van der Waals surface area contributed by atoms with Gasteiger partial charge in [-0.2, -0.15) is 0 Å². The molecule has 2 rings (SSSR count). The zero-order valence-electron chi connectivity index (χ0n) is 9.62. The lowest BCUT2D eigenvalue weighted by Gasteiger charge is -2.12. The Kier molecular flexibility index (Phi) is 2.87. The molecule has 1 spiro atoms. The van der Waals surface area contributed by atoms with Crippen molar-refractivity contribution in [1.82, 2.24) is 5.32 Å². The molecule has 0 saturated heterocycles. The normalized spacial score (nSPS) is 28.9. The molecule has 0 heterocycles. The van der Waals surface area contributed by atoms with E-state index >= 15 is 0 Å². The highest BCUT2D eigenvalue weighted by molar-refractivity contribution is 5.78. The first-order valence-corrected chi connectivity index (χ1v) is 5.72. The van der Waals surface area contributed by atoms with E-state index in [0.717, 1.165) is 17.9 Å². The second-order valence-electron chi connectivity index (χ2n) is 4.99. The summed E-state index contributed by atoms with van der Waals surface area (Å²) >= 11 is 0. The zero-order valence-corrected chi connectivity index (χ0v) is 9.62. The maximum Gasteiger partial charge on any atom is 0.188 e. The second-order valence-corrected chi connectivity index (χ2v) is 4.99. The molecule has 0 aliphatic heterocycles. The van der Waals surface area contributed by atoms with Crippen LogP contribution in [0.15, 0.2) is 4.99 Å². The molecule has 0 bridgehead atoms. The number of methoxy groups -OCH3 is 1. The zero-order chi connectivity index (χ0) is 10.9. The Bertz CT molecular complexity index is 261. The number of hydrogen-bond acceptors (Lipinski definition) is 2. The van der Waals surface area contributed by atoms with Crippen LogP contribution in [0.2, 0.25) is 0 Å². The fraction of sp³-hybridized carbons (Fsp3) is 0.909. The third-order valence-electron chi connectivity index (χ3n) is 3.54. The van der Waals surface area contributed by atoms with Crippen LogP contribution in [0.5, 0.6) is 0 Å². The van der Waals surface area contributed by atoms with Crippen molar-refractivity contribution in [2.45, 2.75) is 32.2 Å². The minimum atomic E-state index is 0.229. The fourth-order valence-corrected chi connectivity index (χ4v) is 2.26. The highest BCUT2D eigenvalue weighted by atomic mass is 16.5. The highest BCUT2D eigenvalue weighted by Gasteiger charge is 2.62. The molecule has 0 aromatic carbocycles. The topological polar surface area (TPSA) is 59.6 Å². The molecule has 0 radical (unpaired) electrons. The number of nitrogens with zero attached hydrogens (tertiary/aromatic N) is 1. The summed E-state index contributed by atoms with van der Waals surface area (Å²) in [5, 5.41) is 3.11. The van der Waals surface area contributed by atoms with Crippen LogP contribution >= 0.6 is 0 Å². The van der Waals surface area contributed by atoms with Gasteiger partial charge in [-0.25, -0.2) is 0 Å². The average molecular weight is 211 g/mol. The van der Waals surface area contributed by atoms with Gasteiger partial charge in [0, 0.05) is 19.7 Å². The number of ether oxygens (including phenoxy) is 1. The summed E-state index contributed by atoms with van der Waals surface area (Å²) in [6.45, 7) is 3.59. The molecule has 3 N–H and O–H groups in total. The van der Waals surface area contributed by atoms with Gasteiger partial charge in [0.25, 0.3) is 0 Å². The van der Waals surface area contributed by atoms with E-state index in [1.165, 1.54) is 19.3 Å².